The second kappa shape index (κ2) is 8.92. The number of ketones is 3. The van der Waals surface area contributed by atoms with E-state index in [4.69, 9.17) is 14.2 Å². The van der Waals surface area contributed by atoms with Gasteiger partial charge in [0.15, 0.2) is 23.6 Å². The molecule has 1 unspecified atom stereocenters. The van der Waals surface area contributed by atoms with Gasteiger partial charge in [-0.1, -0.05) is 24.3 Å². The van der Waals surface area contributed by atoms with Crippen LogP contribution in [0.2, 0.25) is 0 Å². The number of Topliss-reactive ketones (excluding diaryl/α,β-unsaturated/α-hetero) is 1. The van der Waals surface area contributed by atoms with Crippen LogP contribution in [0.5, 0.6) is 11.5 Å². The van der Waals surface area contributed by atoms with Crippen LogP contribution in [0.3, 0.4) is 0 Å². The lowest BCUT2D eigenvalue weighted by Crippen LogP contribution is -2.51. The summed E-state index contributed by atoms with van der Waals surface area (Å²) in [7, 11) is 0. The molecule has 0 spiro atoms. The highest BCUT2D eigenvalue weighted by Gasteiger charge is 2.53. The quantitative estimate of drug-likeness (QED) is 0.417. The largest absolute Gasteiger partial charge is 0.507 e. The molecule has 3 heterocycles. The number of ether oxygens (including phenoxy) is 3. The number of hydrogen-bond acceptors (Lipinski definition) is 10. The van der Waals surface area contributed by atoms with E-state index in [-0.39, 0.29) is 70.7 Å². The number of benzene rings is 2. The predicted octanol–water partition coefficient (Wildman–Crippen LogP) is 2.52. The molecule has 2 aromatic rings. The van der Waals surface area contributed by atoms with Crippen molar-refractivity contribution in [1.29, 1.82) is 0 Å². The van der Waals surface area contributed by atoms with Crippen molar-refractivity contribution in [2.75, 3.05) is 6.54 Å². The molecule has 0 saturated carbocycles. The van der Waals surface area contributed by atoms with E-state index < -0.39 is 46.8 Å². The van der Waals surface area contributed by atoms with Crippen molar-refractivity contribution in [1.82, 2.24) is 4.90 Å². The number of aliphatic hydroxyl groups is 1. The minimum atomic E-state index is -1.92. The second-order valence-electron chi connectivity index (χ2n) is 11.6. The zero-order valence-corrected chi connectivity index (χ0v) is 22.3. The van der Waals surface area contributed by atoms with Gasteiger partial charge in [0.1, 0.15) is 29.4 Å². The van der Waals surface area contributed by atoms with Crippen LogP contribution >= 0.6 is 0 Å². The fourth-order valence-corrected chi connectivity index (χ4v) is 7.35. The van der Waals surface area contributed by atoms with E-state index in [0.717, 1.165) is 19.4 Å². The fourth-order valence-electron chi connectivity index (χ4n) is 7.35. The van der Waals surface area contributed by atoms with E-state index in [1.165, 1.54) is 19.1 Å². The van der Waals surface area contributed by atoms with Gasteiger partial charge in [0.05, 0.1) is 23.3 Å². The Morgan fingerprint density at radius 3 is 2.42 bits per heavy atom. The van der Waals surface area contributed by atoms with Crippen molar-refractivity contribution in [2.24, 2.45) is 0 Å². The third kappa shape index (κ3) is 3.56. The Morgan fingerprint density at radius 2 is 1.75 bits per heavy atom. The Morgan fingerprint density at radius 1 is 1.07 bits per heavy atom. The minimum absolute atomic E-state index is 0.0104. The topological polar surface area (TPSA) is 143 Å². The number of aromatic hydroxyl groups is 2. The van der Waals surface area contributed by atoms with E-state index in [2.05, 4.69) is 4.90 Å². The second-order valence-corrected chi connectivity index (χ2v) is 11.6. The zero-order chi connectivity index (χ0) is 28.1. The van der Waals surface area contributed by atoms with Gasteiger partial charge in [-0.3, -0.25) is 19.3 Å². The number of phenols is 2. The average molecular weight is 550 g/mol. The first-order valence-corrected chi connectivity index (χ1v) is 13.8. The molecule has 210 valence electrons. The van der Waals surface area contributed by atoms with E-state index in [9.17, 15) is 29.7 Å². The lowest BCUT2D eigenvalue weighted by atomic mass is 9.72. The van der Waals surface area contributed by atoms with Crippen molar-refractivity contribution in [3.8, 4) is 11.5 Å². The van der Waals surface area contributed by atoms with Gasteiger partial charge >= 0.3 is 0 Å². The first kappa shape index (κ1) is 25.8. The molecule has 2 aromatic carbocycles. The maximum atomic E-state index is 13.5. The Bertz CT molecular complexity index is 1470. The lowest BCUT2D eigenvalue weighted by Gasteiger charge is -2.42. The average Bonchev–Trinajstić information content (AvgIpc) is 3.52. The van der Waals surface area contributed by atoms with Crippen LogP contribution in [0.1, 0.15) is 88.6 Å². The molecule has 3 aliphatic heterocycles. The van der Waals surface area contributed by atoms with Crippen LogP contribution in [-0.2, 0) is 25.4 Å². The molecule has 0 radical (unpaired) electrons. The van der Waals surface area contributed by atoms with Crippen LogP contribution in [0.15, 0.2) is 24.3 Å². The Kier molecular flexibility index (Phi) is 5.75. The van der Waals surface area contributed by atoms with Gasteiger partial charge in [0, 0.05) is 54.1 Å². The minimum Gasteiger partial charge on any atom is -0.507 e. The molecule has 10 nitrogen and oxygen atoms in total. The number of phenolic OH excluding ortho intramolecular Hbond substituents is 2. The van der Waals surface area contributed by atoms with Crippen LogP contribution in [0.4, 0.5) is 0 Å². The van der Waals surface area contributed by atoms with Crippen LogP contribution in [0.25, 0.3) is 0 Å². The molecule has 7 rings (SSSR count). The summed E-state index contributed by atoms with van der Waals surface area (Å²) in [6, 6.07) is 6.28. The van der Waals surface area contributed by atoms with E-state index in [1.54, 1.807) is 12.1 Å². The maximum absolute atomic E-state index is 13.5. The van der Waals surface area contributed by atoms with Crippen LogP contribution in [0, 0.1) is 0 Å². The Balaban J connectivity index is 1.31. The SMILES string of the molecule is CC(=O)[C@]1(O)Cc2c(O)c3c(c(O)c2[C@@H](O[C@H]2C[C@H]4[C@H](OC5CCCN54)[C@H](C)O2)C1)C(=O)c1ccccc1C3=O. The summed E-state index contributed by atoms with van der Waals surface area (Å²) in [5.41, 5.74) is -2.23. The van der Waals surface area contributed by atoms with Gasteiger partial charge in [-0.2, -0.15) is 0 Å². The van der Waals surface area contributed by atoms with Crippen molar-refractivity contribution in [3.05, 3.63) is 57.6 Å². The van der Waals surface area contributed by atoms with Gasteiger partial charge in [0.2, 0.25) is 0 Å². The normalized spacial score (nSPS) is 34.6. The number of hydrogen-bond donors (Lipinski definition) is 3. The molecule has 7 atom stereocenters. The van der Waals surface area contributed by atoms with Crippen molar-refractivity contribution >= 4 is 17.3 Å². The molecule has 5 aliphatic rings. The number of carbonyl (C=O) groups is 3. The third-order valence-electron chi connectivity index (χ3n) is 9.37. The molecule has 0 bridgehead atoms. The lowest BCUT2D eigenvalue weighted by molar-refractivity contribution is -0.247. The first-order chi connectivity index (χ1) is 19.1. The monoisotopic (exact) mass is 549 g/mol. The van der Waals surface area contributed by atoms with Crippen LogP contribution < -0.4 is 0 Å². The summed E-state index contributed by atoms with van der Waals surface area (Å²) >= 11 is 0. The smallest absolute Gasteiger partial charge is 0.198 e. The molecule has 40 heavy (non-hydrogen) atoms. The molecule has 2 aliphatic carbocycles. The van der Waals surface area contributed by atoms with Gasteiger partial charge in [0.25, 0.3) is 0 Å². The number of fused-ring (bicyclic) bond motifs is 6. The standard InChI is InChI=1S/C30H31NO9/c1-13-29-18(31-9-5-8-20(31)40-29)10-21(38-13)39-19-12-30(37,14(2)32)11-17-22(19)28(36)24-23(27(17)35)25(33)15-6-3-4-7-16(15)26(24)34/h3-4,6-7,13,18-21,29,35-37H,5,8-12H2,1-2H3/t13-,18-,19-,20?,21-,29+,30-/m0/s1. The highest BCUT2D eigenvalue weighted by atomic mass is 16.7. The Labute approximate surface area is 230 Å². The number of nitrogens with zero attached hydrogens (tertiary/aromatic N) is 1. The number of carbonyl (C=O) groups excluding carboxylic acids is 3. The van der Waals surface area contributed by atoms with E-state index in [1.807, 2.05) is 6.92 Å². The summed E-state index contributed by atoms with van der Waals surface area (Å²) in [6.07, 6.45) is -0.285. The van der Waals surface area contributed by atoms with E-state index >= 15 is 0 Å². The molecule has 3 saturated heterocycles. The molecule has 10 heteroatoms. The molecular formula is C30H31NO9. The van der Waals surface area contributed by atoms with Crippen LogP contribution in [-0.4, -0.2) is 80.5 Å². The maximum Gasteiger partial charge on any atom is 0.198 e. The highest BCUT2D eigenvalue weighted by molar-refractivity contribution is 6.30. The molecule has 3 N–H and O–H groups in total. The van der Waals surface area contributed by atoms with Gasteiger partial charge in [-0.05, 0) is 26.7 Å². The zero-order valence-electron chi connectivity index (χ0n) is 22.3. The summed E-state index contributed by atoms with van der Waals surface area (Å²) in [5, 5.41) is 34.3. The fraction of sp³-hybridized carbons (Fsp3) is 0.500. The van der Waals surface area contributed by atoms with Crippen molar-refractivity contribution in [2.45, 2.75) is 88.4 Å². The third-order valence-corrected chi connectivity index (χ3v) is 9.37. The van der Waals surface area contributed by atoms with Crippen molar-refractivity contribution < 1.29 is 43.9 Å². The summed E-state index contributed by atoms with van der Waals surface area (Å²) in [4.78, 5) is 41.9. The van der Waals surface area contributed by atoms with E-state index in [0.29, 0.717) is 6.42 Å². The van der Waals surface area contributed by atoms with Gasteiger partial charge in [-0.25, -0.2) is 0 Å². The molecule has 0 aromatic heterocycles. The predicted molar refractivity (Wildman–Crippen MR) is 138 cm³/mol. The van der Waals surface area contributed by atoms with Gasteiger partial charge in [-0.15, -0.1) is 0 Å². The highest BCUT2D eigenvalue weighted by Crippen LogP contribution is 2.52. The summed E-state index contributed by atoms with van der Waals surface area (Å²) in [6.45, 7) is 4.08. The molecular weight excluding hydrogens is 518 g/mol. The van der Waals surface area contributed by atoms with Crippen molar-refractivity contribution in [3.63, 3.8) is 0 Å². The van der Waals surface area contributed by atoms with Gasteiger partial charge < -0.3 is 29.5 Å². The molecule has 3 fully saturated rings. The summed E-state index contributed by atoms with van der Waals surface area (Å²) < 4.78 is 18.8. The number of rotatable bonds is 3. The summed E-state index contributed by atoms with van der Waals surface area (Å²) in [5.74, 6) is -2.78. The Hall–Kier alpha value is -3.15. The first-order valence-electron chi connectivity index (χ1n) is 13.8. The molecule has 0 amide bonds.